The summed E-state index contributed by atoms with van der Waals surface area (Å²) in [6.45, 7) is 0. The lowest BCUT2D eigenvalue weighted by Crippen LogP contribution is -2.01. The zero-order valence-corrected chi connectivity index (χ0v) is 30.0. The lowest BCUT2D eigenvalue weighted by atomic mass is 9.92. The van der Waals surface area contributed by atoms with Gasteiger partial charge in [-0.25, -0.2) is 19.5 Å². The highest BCUT2D eigenvalue weighted by Gasteiger charge is 2.22. The molecule has 6 nitrogen and oxygen atoms in total. The molecule has 11 rings (SSSR count). The molecular formula is C50H31N5O. The molecule has 0 bridgehead atoms. The fourth-order valence-corrected chi connectivity index (χ4v) is 7.99. The number of furan rings is 1. The Labute approximate surface area is 322 Å². The van der Waals surface area contributed by atoms with Gasteiger partial charge in [-0.15, -0.1) is 0 Å². The monoisotopic (exact) mass is 717 g/mol. The minimum absolute atomic E-state index is 0.589. The average molecular weight is 718 g/mol. The summed E-state index contributed by atoms with van der Waals surface area (Å²) < 4.78 is 8.36. The van der Waals surface area contributed by atoms with Crippen LogP contribution in [0.2, 0.25) is 0 Å². The molecule has 0 spiro atoms. The molecule has 0 amide bonds. The van der Waals surface area contributed by atoms with Crippen molar-refractivity contribution in [2.45, 2.75) is 0 Å². The minimum atomic E-state index is 0.589. The smallest absolute Gasteiger partial charge is 0.164 e. The van der Waals surface area contributed by atoms with Gasteiger partial charge in [-0.2, -0.15) is 5.10 Å². The summed E-state index contributed by atoms with van der Waals surface area (Å²) in [6.07, 6.45) is 1.99. The summed E-state index contributed by atoms with van der Waals surface area (Å²) in [7, 11) is 0. The van der Waals surface area contributed by atoms with Crippen molar-refractivity contribution in [3.8, 4) is 67.7 Å². The Balaban J connectivity index is 1.11. The van der Waals surface area contributed by atoms with Crippen molar-refractivity contribution in [3.63, 3.8) is 0 Å². The SMILES string of the molecule is c1ccc(-c2nc(-c3ccc(-c4c(-c5ccccc5)n5ncc(-c6ccccc6)c5c5ccccc45)cc3)nc(-c3cccc4oc5ccccc5c34)n2)cc1. The number of pyridine rings is 1. The van der Waals surface area contributed by atoms with Crippen LogP contribution in [0.15, 0.2) is 193 Å². The van der Waals surface area contributed by atoms with Gasteiger partial charge in [-0.05, 0) is 28.6 Å². The molecule has 11 aromatic rings. The standard InChI is InChI=1S/C50H31N5O/c1-4-15-32(16-5-1)41-31-51-55-46(34-17-6-2-7-18-34)44(37-21-10-11-22-38(37)47(41)55)33-27-29-36(30-28-33)49-52-48(35-19-8-3-9-20-35)53-50(54-49)40-24-14-26-43-45(40)39-23-12-13-25-42(39)56-43/h1-31H. The van der Waals surface area contributed by atoms with Gasteiger partial charge in [0.05, 0.1) is 17.4 Å². The molecular weight excluding hydrogens is 687 g/mol. The van der Waals surface area contributed by atoms with E-state index >= 15 is 0 Å². The van der Waals surface area contributed by atoms with E-state index in [-0.39, 0.29) is 0 Å². The van der Waals surface area contributed by atoms with Gasteiger partial charge < -0.3 is 4.42 Å². The van der Waals surface area contributed by atoms with Crippen molar-refractivity contribution in [3.05, 3.63) is 188 Å². The van der Waals surface area contributed by atoms with Crippen molar-refractivity contribution in [2.24, 2.45) is 0 Å². The first-order valence-corrected chi connectivity index (χ1v) is 18.6. The van der Waals surface area contributed by atoms with Crippen LogP contribution < -0.4 is 0 Å². The van der Waals surface area contributed by atoms with Crippen LogP contribution in [0.3, 0.4) is 0 Å². The van der Waals surface area contributed by atoms with Crippen LogP contribution in [-0.2, 0) is 0 Å². The molecule has 0 atom stereocenters. The lowest BCUT2D eigenvalue weighted by Gasteiger charge is -2.18. The maximum absolute atomic E-state index is 6.24. The molecule has 7 aromatic carbocycles. The second kappa shape index (κ2) is 13.0. The molecule has 0 N–H and O–H groups in total. The highest BCUT2D eigenvalue weighted by molar-refractivity contribution is 6.13. The Bertz CT molecular complexity index is 3230. The fourth-order valence-electron chi connectivity index (χ4n) is 7.99. The molecule has 6 heteroatoms. The van der Waals surface area contributed by atoms with Crippen LogP contribution in [0.4, 0.5) is 0 Å². The number of nitrogens with zero attached hydrogens (tertiary/aromatic N) is 5. The van der Waals surface area contributed by atoms with E-state index in [0.717, 1.165) is 88.4 Å². The van der Waals surface area contributed by atoms with Gasteiger partial charge in [0.2, 0.25) is 0 Å². The predicted molar refractivity (Wildman–Crippen MR) is 226 cm³/mol. The van der Waals surface area contributed by atoms with Crippen LogP contribution in [-0.4, -0.2) is 24.6 Å². The Kier molecular flexibility index (Phi) is 7.38. The van der Waals surface area contributed by atoms with Crippen LogP contribution in [0, 0.1) is 0 Å². The molecule has 0 aliphatic heterocycles. The van der Waals surface area contributed by atoms with Crippen LogP contribution in [0.25, 0.3) is 106 Å². The molecule has 0 unspecified atom stereocenters. The Morgan fingerprint density at radius 3 is 1.62 bits per heavy atom. The van der Waals surface area contributed by atoms with E-state index in [0.29, 0.717) is 17.5 Å². The normalized spacial score (nSPS) is 11.6. The number of fused-ring (bicyclic) bond motifs is 6. The van der Waals surface area contributed by atoms with Crippen molar-refractivity contribution < 1.29 is 4.42 Å². The first kappa shape index (κ1) is 31.8. The minimum Gasteiger partial charge on any atom is -0.456 e. The molecule has 4 aromatic heterocycles. The summed E-state index contributed by atoms with van der Waals surface area (Å²) in [5, 5.41) is 9.37. The molecule has 262 valence electrons. The van der Waals surface area contributed by atoms with E-state index in [1.807, 2.05) is 72.9 Å². The van der Waals surface area contributed by atoms with Gasteiger partial charge >= 0.3 is 0 Å². The number of benzene rings is 7. The zero-order chi connectivity index (χ0) is 37.0. The summed E-state index contributed by atoms with van der Waals surface area (Å²) in [6, 6.07) is 62.5. The highest BCUT2D eigenvalue weighted by atomic mass is 16.3. The number of hydrogen-bond acceptors (Lipinski definition) is 5. The van der Waals surface area contributed by atoms with E-state index < -0.39 is 0 Å². The summed E-state index contributed by atoms with van der Waals surface area (Å²) in [4.78, 5) is 15.3. The summed E-state index contributed by atoms with van der Waals surface area (Å²) in [5.74, 6) is 1.79. The first-order chi connectivity index (χ1) is 27.8. The molecule has 0 saturated heterocycles. The molecule has 56 heavy (non-hydrogen) atoms. The maximum atomic E-state index is 6.24. The lowest BCUT2D eigenvalue weighted by molar-refractivity contribution is 0.669. The van der Waals surface area contributed by atoms with Gasteiger partial charge in [0.1, 0.15) is 11.2 Å². The van der Waals surface area contributed by atoms with E-state index in [9.17, 15) is 0 Å². The van der Waals surface area contributed by atoms with Gasteiger partial charge in [-0.1, -0.05) is 170 Å². The third-order valence-electron chi connectivity index (χ3n) is 10.5. The maximum Gasteiger partial charge on any atom is 0.164 e. The third kappa shape index (κ3) is 5.19. The number of aromatic nitrogens is 5. The molecule has 0 fully saturated rings. The van der Waals surface area contributed by atoms with Gasteiger partial charge in [-0.3, -0.25) is 0 Å². The second-order valence-electron chi connectivity index (χ2n) is 13.8. The van der Waals surface area contributed by atoms with Gasteiger partial charge in [0.15, 0.2) is 17.5 Å². The van der Waals surface area contributed by atoms with Crippen molar-refractivity contribution in [1.82, 2.24) is 24.6 Å². The van der Waals surface area contributed by atoms with Crippen molar-refractivity contribution in [1.29, 1.82) is 0 Å². The van der Waals surface area contributed by atoms with E-state index in [2.05, 4.69) is 120 Å². The fraction of sp³-hybridized carbons (Fsp3) is 0. The number of hydrogen-bond donors (Lipinski definition) is 0. The molecule has 0 aliphatic carbocycles. The number of rotatable bonds is 6. The van der Waals surface area contributed by atoms with Crippen LogP contribution in [0.5, 0.6) is 0 Å². The zero-order valence-electron chi connectivity index (χ0n) is 30.0. The van der Waals surface area contributed by atoms with Gasteiger partial charge in [0, 0.05) is 49.5 Å². The van der Waals surface area contributed by atoms with Crippen LogP contribution in [0.1, 0.15) is 0 Å². The van der Waals surface area contributed by atoms with Crippen LogP contribution >= 0.6 is 0 Å². The Morgan fingerprint density at radius 2 is 0.911 bits per heavy atom. The number of para-hydroxylation sites is 1. The predicted octanol–water partition coefficient (Wildman–Crippen LogP) is 12.6. The largest absolute Gasteiger partial charge is 0.456 e. The molecule has 4 heterocycles. The highest BCUT2D eigenvalue weighted by Crippen LogP contribution is 2.43. The Morgan fingerprint density at radius 1 is 0.375 bits per heavy atom. The summed E-state index contributed by atoms with van der Waals surface area (Å²) >= 11 is 0. The molecule has 0 saturated carbocycles. The van der Waals surface area contributed by atoms with E-state index in [1.165, 1.54) is 0 Å². The van der Waals surface area contributed by atoms with Gasteiger partial charge in [0.25, 0.3) is 0 Å². The molecule has 0 aliphatic rings. The molecule has 0 radical (unpaired) electrons. The second-order valence-corrected chi connectivity index (χ2v) is 13.8. The van der Waals surface area contributed by atoms with Crippen molar-refractivity contribution in [2.75, 3.05) is 0 Å². The van der Waals surface area contributed by atoms with E-state index in [1.54, 1.807) is 0 Å². The van der Waals surface area contributed by atoms with Crippen molar-refractivity contribution >= 4 is 38.2 Å². The quantitative estimate of drug-likeness (QED) is 0.171. The average Bonchev–Trinajstić information content (AvgIpc) is 3.90. The summed E-state index contributed by atoms with van der Waals surface area (Å²) in [5.41, 5.74) is 11.9. The first-order valence-electron chi connectivity index (χ1n) is 18.6. The third-order valence-corrected chi connectivity index (χ3v) is 10.5. The topological polar surface area (TPSA) is 69.1 Å². The Hall–Kier alpha value is -7.70. The van der Waals surface area contributed by atoms with E-state index in [4.69, 9.17) is 24.5 Å².